The van der Waals surface area contributed by atoms with Crippen LogP contribution in [-0.4, -0.2) is 51.9 Å². The van der Waals surface area contributed by atoms with Gasteiger partial charge in [-0.25, -0.2) is 9.59 Å². The number of fused-ring (bicyclic) bond motifs is 3. The van der Waals surface area contributed by atoms with Crippen LogP contribution in [0.2, 0.25) is 0 Å². The van der Waals surface area contributed by atoms with Crippen molar-refractivity contribution in [2.24, 2.45) is 17.8 Å². The number of hydrogen-bond acceptors (Lipinski definition) is 6. The number of aliphatic hydroxyl groups excluding tert-OH is 1. The molecule has 1 heterocycles. The van der Waals surface area contributed by atoms with Gasteiger partial charge in [0.1, 0.15) is 17.8 Å². The maximum absolute atomic E-state index is 12.2. The molecule has 0 aromatic carbocycles. The molecule has 0 spiro atoms. The van der Waals surface area contributed by atoms with Crippen LogP contribution in [0.1, 0.15) is 19.8 Å². The van der Waals surface area contributed by atoms with E-state index in [9.17, 15) is 19.8 Å². The van der Waals surface area contributed by atoms with E-state index in [1.807, 2.05) is 0 Å². The smallest absolute Gasteiger partial charge is 0.334 e. The van der Waals surface area contributed by atoms with Gasteiger partial charge in [-0.3, -0.25) is 0 Å². The van der Waals surface area contributed by atoms with Crippen LogP contribution in [0.15, 0.2) is 36.5 Å². The molecule has 6 nitrogen and oxygen atoms in total. The highest BCUT2D eigenvalue weighted by Gasteiger charge is 2.64. The predicted molar refractivity (Wildman–Crippen MR) is 94.2 cm³/mol. The third-order valence-electron chi connectivity index (χ3n) is 5.89. The van der Waals surface area contributed by atoms with Gasteiger partial charge < -0.3 is 19.7 Å². The molecule has 26 heavy (non-hydrogen) atoms. The molecule has 142 valence electrons. The van der Waals surface area contributed by atoms with Crippen LogP contribution in [0.5, 0.6) is 0 Å². The van der Waals surface area contributed by atoms with Crippen molar-refractivity contribution in [1.82, 2.24) is 0 Å². The highest BCUT2D eigenvalue weighted by Crippen LogP contribution is 2.55. The summed E-state index contributed by atoms with van der Waals surface area (Å²) in [5, 5.41) is 21.4. The lowest BCUT2D eigenvalue weighted by molar-refractivity contribution is -0.155. The van der Waals surface area contributed by atoms with Crippen LogP contribution >= 0.6 is 11.6 Å². The lowest BCUT2D eigenvalue weighted by atomic mass is 9.76. The highest BCUT2D eigenvalue weighted by molar-refractivity contribution is 6.18. The third kappa shape index (κ3) is 2.71. The van der Waals surface area contributed by atoms with Gasteiger partial charge in [-0.1, -0.05) is 25.3 Å². The fraction of sp³-hybridized carbons (Fsp3) is 0.579. The topological polar surface area (TPSA) is 93.1 Å². The van der Waals surface area contributed by atoms with E-state index in [-0.39, 0.29) is 35.8 Å². The second-order valence-corrected chi connectivity index (χ2v) is 7.78. The van der Waals surface area contributed by atoms with Crippen molar-refractivity contribution in [3.8, 4) is 0 Å². The molecule has 1 aliphatic heterocycles. The fourth-order valence-electron chi connectivity index (χ4n) is 4.50. The quantitative estimate of drug-likeness (QED) is 0.332. The summed E-state index contributed by atoms with van der Waals surface area (Å²) >= 11 is 5.99. The van der Waals surface area contributed by atoms with E-state index in [0.717, 1.165) is 0 Å². The van der Waals surface area contributed by atoms with Gasteiger partial charge >= 0.3 is 11.9 Å². The zero-order chi connectivity index (χ0) is 19.4. The average Bonchev–Trinajstić information content (AvgIpc) is 2.97. The first kappa shape index (κ1) is 19.1. The number of esters is 2. The Labute approximate surface area is 157 Å². The van der Waals surface area contributed by atoms with Gasteiger partial charge in [0.2, 0.25) is 0 Å². The van der Waals surface area contributed by atoms with E-state index < -0.39 is 47.7 Å². The number of aliphatic hydroxyl groups is 2. The van der Waals surface area contributed by atoms with Gasteiger partial charge in [0.15, 0.2) is 0 Å². The van der Waals surface area contributed by atoms with Gasteiger partial charge in [0, 0.05) is 23.5 Å². The zero-order valence-electron chi connectivity index (χ0n) is 14.6. The minimum atomic E-state index is -1.63. The summed E-state index contributed by atoms with van der Waals surface area (Å²) in [4.78, 5) is 24.3. The number of hydrogen-bond donors (Lipinski definition) is 2. The van der Waals surface area contributed by atoms with Crippen LogP contribution in [0.25, 0.3) is 0 Å². The van der Waals surface area contributed by atoms with Crippen LogP contribution in [0.3, 0.4) is 0 Å². The Kier molecular flexibility index (Phi) is 4.80. The van der Waals surface area contributed by atoms with E-state index >= 15 is 0 Å². The normalized spacial score (nSPS) is 41.9. The SMILES string of the molecule is C=C(C)C(=O)O[C@H]1CC(=C)[C@@H]2C[C@H](O)[C@](O)(CCl)[C@@H]2[C@@H]2OC(=O)C(=C)[C@@H]21. The summed E-state index contributed by atoms with van der Waals surface area (Å²) in [6.07, 6.45) is -2.04. The summed E-state index contributed by atoms with van der Waals surface area (Å²) in [5.41, 5.74) is -0.495. The van der Waals surface area contributed by atoms with Crippen LogP contribution in [-0.2, 0) is 19.1 Å². The van der Waals surface area contributed by atoms with E-state index in [2.05, 4.69) is 19.7 Å². The highest BCUT2D eigenvalue weighted by atomic mass is 35.5. The Morgan fingerprint density at radius 2 is 2.12 bits per heavy atom. The molecule has 1 saturated heterocycles. The minimum absolute atomic E-state index is 0.182. The first-order chi connectivity index (χ1) is 12.1. The Hall–Kier alpha value is -1.63. The average molecular weight is 383 g/mol. The maximum atomic E-state index is 12.2. The van der Waals surface area contributed by atoms with Gasteiger partial charge in [0.05, 0.1) is 17.9 Å². The molecule has 3 fully saturated rings. The summed E-state index contributed by atoms with van der Waals surface area (Å²) in [5.74, 6) is -2.99. The minimum Gasteiger partial charge on any atom is -0.458 e. The molecule has 0 aromatic rings. The van der Waals surface area contributed by atoms with Crippen LogP contribution in [0, 0.1) is 17.8 Å². The van der Waals surface area contributed by atoms with Crippen molar-refractivity contribution < 1.29 is 29.3 Å². The molecule has 2 aliphatic carbocycles. The van der Waals surface area contributed by atoms with E-state index in [1.54, 1.807) is 0 Å². The number of carbonyl (C=O) groups excluding carboxylic acids is 2. The van der Waals surface area contributed by atoms with E-state index in [1.165, 1.54) is 6.92 Å². The molecular weight excluding hydrogens is 360 g/mol. The first-order valence-corrected chi connectivity index (χ1v) is 9.05. The second kappa shape index (κ2) is 6.51. The molecule has 2 N–H and O–H groups in total. The van der Waals surface area contributed by atoms with Crippen molar-refractivity contribution in [3.05, 3.63) is 36.5 Å². The number of ether oxygens (including phenoxy) is 2. The zero-order valence-corrected chi connectivity index (χ0v) is 15.4. The Bertz CT molecular complexity index is 700. The van der Waals surface area contributed by atoms with Crippen molar-refractivity contribution in [3.63, 3.8) is 0 Å². The molecule has 0 unspecified atom stereocenters. The summed E-state index contributed by atoms with van der Waals surface area (Å²) < 4.78 is 11.1. The van der Waals surface area contributed by atoms with Gasteiger partial charge in [-0.05, 0) is 19.3 Å². The molecule has 2 saturated carbocycles. The molecule has 0 amide bonds. The largest absolute Gasteiger partial charge is 0.458 e. The molecule has 7 heteroatoms. The summed E-state index contributed by atoms with van der Waals surface area (Å²) in [7, 11) is 0. The predicted octanol–water partition coefficient (Wildman–Crippen LogP) is 1.50. The number of alkyl halides is 1. The van der Waals surface area contributed by atoms with Gasteiger partial charge in [-0.2, -0.15) is 0 Å². The first-order valence-electron chi connectivity index (χ1n) is 8.52. The third-order valence-corrected chi connectivity index (χ3v) is 6.32. The Morgan fingerprint density at radius 1 is 1.46 bits per heavy atom. The molecule has 7 atom stereocenters. The lowest BCUT2D eigenvalue weighted by Crippen LogP contribution is -2.52. The molecule has 3 aliphatic rings. The van der Waals surface area contributed by atoms with Crippen molar-refractivity contribution in [1.29, 1.82) is 0 Å². The molecular formula is C19H23ClO6. The number of rotatable bonds is 3. The standard InChI is InChI=1S/C19H23ClO6/c1-8(2)17(22)25-12-5-9(3)11-6-13(21)19(24,7-20)15(11)16-14(12)10(4)18(23)26-16/h11-16,21,24H,1,3-7H2,2H3/t11-,12-,13-,14+,15-,16+,19+/m0/s1. The fourth-order valence-corrected chi connectivity index (χ4v) is 4.86. The lowest BCUT2D eigenvalue weighted by Gasteiger charge is -2.37. The van der Waals surface area contributed by atoms with Crippen LogP contribution in [0.4, 0.5) is 0 Å². The number of carbonyl (C=O) groups is 2. The van der Waals surface area contributed by atoms with Crippen molar-refractivity contribution in [2.45, 2.75) is 43.7 Å². The summed E-state index contributed by atoms with van der Waals surface area (Å²) in [6, 6.07) is 0. The Balaban J connectivity index is 2.04. The van der Waals surface area contributed by atoms with Gasteiger partial charge in [0.25, 0.3) is 0 Å². The molecule has 3 rings (SSSR count). The molecule has 0 bridgehead atoms. The van der Waals surface area contributed by atoms with Crippen molar-refractivity contribution >= 4 is 23.5 Å². The second-order valence-electron chi connectivity index (χ2n) is 7.52. The van der Waals surface area contributed by atoms with E-state index in [0.29, 0.717) is 5.57 Å². The number of halogens is 1. The Morgan fingerprint density at radius 3 is 2.69 bits per heavy atom. The molecule has 0 radical (unpaired) electrons. The van der Waals surface area contributed by atoms with E-state index in [4.69, 9.17) is 21.1 Å². The van der Waals surface area contributed by atoms with Gasteiger partial charge in [-0.15, -0.1) is 11.6 Å². The maximum Gasteiger partial charge on any atom is 0.334 e. The van der Waals surface area contributed by atoms with Crippen molar-refractivity contribution in [2.75, 3.05) is 5.88 Å². The monoisotopic (exact) mass is 382 g/mol. The van der Waals surface area contributed by atoms with Crippen LogP contribution < -0.4 is 0 Å². The summed E-state index contributed by atoms with van der Waals surface area (Å²) in [6.45, 7) is 13.0. The molecule has 0 aromatic heterocycles.